The molecule has 84 valence electrons. The summed E-state index contributed by atoms with van der Waals surface area (Å²) in [6, 6.07) is 1.96. The van der Waals surface area contributed by atoms with Crippen molar-refractivity contribution in [3.63, 3.8) is 0 Å². The molecule has 1 amide bonds. The van der Waals surface area contributed by atoms with Crippen molar-refractivity contribution >= 4 is 17.2 Å². The molecule has 0 aromatic carbocycles. The van der Waals surface area contributed by atoms with Crippen LogP contribution in [0, 0.1) is 0 Å². The van der Waals surface area contributed by atoms with Gasteiger partial charge in [0.2, 0.25) is 0 Å². The minimum atomic E-state index is 0.133. The van der Waals surface area contributed by atoms with Gasteiger partial charge in [-0.05, 0) is 43.8 Å². The molecular weight excluding hydrogens is 208 g/mol. The second-order valence-electron chi connectivity index (χ2n) is 3.34. The Morgan fingerprint density at radius 3 is 2.67 bits per heavy atom. The van der Waals surface area contributed by atoms with E-state index in [1.165, 1.54) is 11.3 Å². The van der Waals surface area contributed by atoms with Crippen molar-refractivity contribution in [3.8, 4) is 0 Å². The van der Waals surface area contributed by atoms with Crippen LogP contribution in [0.25, 0.3) is 0 Å². The molecule has 0 saturated heterocycles. The summed E-state index contributed by atoms with van der Waals surface area (Å²) in [5, 5.41) is 2.02. The summed E-state index contributed by atoms with van der Waals surface area (Å²) >= 11 is 1.51. The number of nitrogens with two attached hydrogens (primary N) is 1. The van der Waals surface area contributed by atoms with Crippen LogP contribution in [-0.4, -0.2) is 30.4 Å². The van der Waals surface area contributed by atoms with Crippen molar-refractivity contribution in [2.75, 3.05) is 19.6 Å². The third-order valence-corrected chi connectivity index (χ3v) is 3.32. The third-order valence-electron chi connectivity index (χ3n) is 2.35. The van der Waals surface area contributed by atoms with Crippen LogP contribution >= 0.6 is 11.3 Å². The van der Waals surface area contributed by atoms with Crippen LogP contribution in [0.3, 0.4) is 0 Å². The van der Waals surface area contributed by atoms with Crippen LogP contribution in [0.4, 0.5) is 0 Å². The summed E-state index contributed by atoms with van der Waals surface area (Å²) in [7, 11) is 0. The lowest BCUT2D eigenvalue weighted by Crippen LogP contribution is -2.29. The Morgan fingerprint density at radius 1 is 1.47 bits per heavy atom. The van der Waals surface area contributed by atoms with Crippen molar-refractivity contribution in [2.45, 2.75) is 20.3 Å². The fourth-order valence-electron chi connectivity index (χ4n) is 1.45. The standard InChI is InChI=1S/C11H18N2OS/c1-3-13(4-2)11(14)10-7-9(5-6-12)8-15-10/h7-8H,3-6,12H2,1-2H3. The Bertz CT molecular complexity index is 318. The van der Waals surface area contributed by atoms with Crippen molar-refractivity contribution < 1.29 is 4.79 Å². The smallest absolute Gasteiger partial charge is 0.263 e. The Morgan fingerprint density at radius 2 is 2.13 bits per heavy atom. The van der Waals surface area contributed by atoms with Crippen molar-refractivity contribution in [1.29, 1.82) is 0 Å². The molecule has 0 unspecified atom stereocenters. The lowest BCUT2D eigenvalue weighted by molar-refractivity contribution is 0.0778. The van der Waals surface area contributed by atoms with E-state index in [9.17, 15) is 4.79 Å². The van der Waals surface area contributed by atoms with Gasteiger partial charge in [0.05, 0.1) is 4.88 Å². The van der Waals surface area contributed by atoms with Gasteiger partial charge in [0.15, 0.2) is 0 Å². The Kier molecular flexibility index (Phi) is 4.78. The molecule has 0 aliphatic rings. The van der Waals surface area contributed by atoms with Crippen LogP contribution in [0.15, 0.2) is 11.4 Å². The molecule has 1 aromatic heterocycles. The van der Waals surface area contributed by atoms with Gasteiger partial charge in [-0.2, -0.15) is 0 Å². The number of thiophene rings is 1. The Hall–Kier alpha value is -0.870. The van der Waals surface area contributed by atoms with Gasteiger partial charge in [-0.1, -0.05) is 0 Å². The Labute approximate surface area is 94.9 Å². The normalized spacial score (nSPS) is 10.3. The lowest BCUT2D eigenvalue weighted by atomic mass is 10.2. The monoisotopic (exact) mass is 226 g/mol. The number of amides is 1. The minimum absolute atomic E-state index is 0.133. The maximum Gasteiger partial charge on any atom is 0.263 e. The molecule has 1 rings (SSSR count). The third kappa shape index (κ3) is 3.04. The number of hydrogen-bond donors (Lipinski definition) is 1. The molecule has 0 atom stereocenters. The highest BCUT2D eigenvalue weighted by Gasteiger charge is 2.14. The quantitative estimate of drug-likeness (QED) is 0.831. The highest BCUT2D eigenvalue weighted by molar-refractivity contribution is 7.12. The zero-order chi connectivity index (χ0) is 11.3. The molecule has 2 N–H and O–H groups in total. The summed E-state index contributed by atoms with van der Waals surface area (Å²) in [6.07, 6.45) is 0.849. The molecule has 0 aliphatic carbocycles. The Balaban J connectivity index is 2.73. The van der Waals surface area contributed by atoms with Crippen molar-refractivity contribution in [2.24, 2.45) is 5.73 Å². The molecule has 1 heterocycles. The molecule has 15 heavy (non-hydrogen) atoms. The van der Waals surface area contributed by atoms with Gasteiger partial charge in [0.1, 0.15) is 0 Å². The first-order valence-electron chi connectivity index (χ1n) is 5.29. The lowest BCUT2D eigenvalue weighted by Gasteiger charge is -2.17. The maximum atomic E-state index is 11.9. The molecular formula is C11H18N2OS. The van der Waals surface area contributed by atoms with Gasteiger partial charge in [-0.15, -0.1) is 11.3 Å². The molecule has 0 aliphatic heterocycles. The van der Waals surface area contributed by atoms with Crippen molar-refractivity contribution in [3.05, 3.63) is 21.9 Å². The van der Waals surface area contributed by atoms with E-state index in [1.807, 2.05) is 30.2 Å². The molecule has 1 aromatic rings. The zero-order valence-electron chi connectivity index (χ0n) is 9.32. The van der Waals surface area contributed by atoms with E-state index in [-0.39, 0.29) is 5.91 Å². The SMILES string of the molecule is CCN(CC)C(=O)c1cc(CCN)cs1. The van der Waals surface area contributed by atoms with E-state index in [0.29, 0.717) is 6.54 Å². The van der Waals surface area contributed by atoms with Crippen LogP contribution in [0.5, 0.6) is 0 Å². The van der Waals surface area contributed by atoms with Crippen LogP contribution in [-0.2, 0) is 6.42 Å². The fraction of sp³-hybridized carbons (Fsp3) is 0.545. The topological polar surface area (TPSA) is 46.3 Å². The van der Waals surface area contributed by atoms with E-state index >= 15 is 0 Å². The van der Waals surface area contributed by atoms with Crippen LogP contribution < -0.4 is 5.73 Å². The van der Waals surface area contributed by atoms with E-state index in [4.69, 9.17) is 5.73 Å². The summed E-state index contributed by atoms with van der Waals surface area (Å²) in [6.45, 7) is 6.15. The van der Waals surface area contributed by atoms with Crippen LogP contribution in [0.2, 0.25) is 0 Å². The average molecular weight is 226 g/mol. The summed E-state index contributed by atoms with van der Waals surface area (Å²) in [4.78, 5) is 14.6. The fourth-order valence-corrected chi connectivity index (χ4v) is 2.37. The minimum Gasteiger partial charge on any atom is -0.339 e. The van der Waals surface area contributed by atoms with Gasteiger partial charge in [0, 0.05) is 13.1 Å². The second-order valence-corrected chi connectivity index (χ2v) is 4.25. The molecule has 4 heteroatoms. The van der Waals surface area contributed by atoms with Gasteiger partial charge >= 0.3 is 0 Å². The second kappa shape index (κ2) is 5.88. The van der Waals surface area contributed by atoms with Gasteiger partial charge in [0.25, 0.3) is 5.91 Å². The molecule has 0 saturated carbocycles. The number of carbonyl (C=O) groups excluding carboxylic acids is 1. The number of rotatable bonds is 5. The van der Waals surface area contributed by atoms with Gasteiger partial charge in [-0.25, -0.2) is 0 Å². The van der Waals surface area contributed by atoms with Crippen molar-refractivity contribution in [1.82, 2.24) is 4.90 Å². The van der Waals surface area contributed by atoms with E-state index < -0.39 is 0 Å². The predicted octanol–water partition coefficient (Wildman–Crippen LogP) is 1.73. The highest BCUT2D eigenvalue weighted by Crippen LogP contribution is 2.17. The number of nitrogens with zero attached hydrogens (tertiary/aromatic N) is 1. The summed E-state index contributed by atoms with van der Waals surface area (Å²) < 4.78 is 0. The van der Waals surface area contributed by atoms with Crippen LogP contribution in [0.1, 0.15) is 29.1 Å². The van der Waals surface area contributed by atoms with Gasteiger partial charge < -0.3 is 10.6 Å². The maximum absolute atomic E-state index is 11.9. The summed E-state index contributed by atoms with van der Waals surface area (Å²) in [5.74, 6) is 0.133. The molecule has 0 bridgehead atoms. The number of carbonyl (C=O) groups is 1. The molecule has 0 spiro atoms. The van der Waals surface area contributed by atoms with E-state index in [2.05, 4.69) is 0 Å². The predicted molar refractivity (Wildman–Crippen MR) is 64.3 cm³/mol. The highest BCUT2D eigenvalue weighted by atomic mass is 32.1. The largest absolute Gasteiger partial charge is 0.339 e. The van der Waals surface area contributed by atoms with Gasteiger partial charge in [-0.3, -0.25) is 4.79 Å². The first kappa shape index (κ1) is 12.2. The average Bonchev–Trinajstić information content (AvgIpc) is 2.68. The zero-order valence-corrected chi connectivity index (χ0v) is 10.1. The summed E-state index contributed by atoms with van der Waals surface area (Å²) in [5.41, 5.74) is 6.63. The first-order valence-corrected chi connectivity index (χ1v) is 6.17. The molecule has 0 fully saturated rings. The van der Waals surface area contributed by atoms with E-state index in [0.717, 1.165) is 30.0 Å². The number of hydrogen-bond acceptors (Lipinski definition) is 3. The molecule has 3 nitrogen and oxygen atoms in total. The van der Waals surface area contributed by atoms with E-state index in [1.54, 1.807) is 0 Å². The molecule has 0 radical (unpaired) electrons. The first-order chi connectivity index (χ1) is 7.22.